The Morgan fingerprint density at radius 3 is 2.29 bits per heavy atom. The molecule has 0 saturated carbocycles. The van der Waals surface area contributed by atoms with Gasteiger partial charge in [-0.15, -0.1) is 0 Å². The third-order valence-electron chi connectivity index (χ3n) is 1.86. The van der Waals surface area contributed by atoms with Crippen LogP contribution in [0.25, 0.3) is 0 Å². The average molecular weight is 197 g/mol. The first-order chi connectivity index (χ1) is 6.52. The molecule has 82 valence electrons. The van der Waals surface area contributed by atoms with Gasteiger partial charge in [-0.25, -0.2) is 0 Å². The van der Waals surface area contributed by atoms with E-state index in [2.05, 4.69) is 32.9 Å². The van der Waals surface area contributed by atoms with Crippen molar-refractivity contribution in [3.05, 3.63) is 23.3 Å². The summed E-state index contributed by atoms with van der Waals surface area (Å²) in [5.41, 5.74) is 2.78. The summed E-state index contributed by atoms with van der Waals surface area (Å²) in [4.78, 5) is 5.28. The fourth-order valence-corrected chi connectivity index (χ4v) is 1.02. The van der Waals surface area contributed by atoms with Crippen LogP contribution in [-0.4, -0.2) is 25.8 Å². The Morgan fingerprint density at radius 1 is 1.14 bits per heavy atom. The summed E-state index contributed by atoms with van der Waals surface area (Å²) < 4.78 is 0. The molecule has 2 nitrogen and oxygen atoms in total. The highest BCUT2D eigenvalue weighted by atomic mass is 16.7. The molecule has 14 heavy (non-hydrogen) atoms. The zero-order valence-corrected chi connectivity index (χ0v) is 10.1. The van der Waals surface area contributed by atoms with Gasteiger partial charge in [0.15, 0.2) is 0 Å². The van der Waals surface area contributed by atoms with Crippen molar-refractivity contribution in [3.8, 4) is 0 Å². The maximum absolute atomic E-state index is 5.28. The largest absolute Gasteiger partial charge is 0.295 e. The van der Waals surface area contributed by atoms with E-state index in [1.54, 1.807) is 5.06 Å². The minimum absolute atomic E-state index is 0.674. The molecule has 0 aliphatic rings. The van der Waals surface area contributed by atoms with E-state index in [0.717, 1.165) is 12.8 Å². The van der Waals surface area contributed by atoms with Crippen LogP contribution in [0.1, 0.15) is 33.6 Å². The molecule has 0 heterocycles. The van der Waals surface area contributed by atoms with Crippen LogP contribution in [0.3, 0.4) is 0 Å². The highest BCUT2D eigenvalue weighted by molar-refractivity contribution is 5.02. The Morgan fingerprint density at radius 2 is 1.79 bits per heavy atom. The topological polar surface area (TPSA) is 12.5 Å². The van der Waals surface area contributed by atoms with Crippen LogP contribution in [0.5, 0.6) is 0 Å². The number of rotatable bonds is 6. The molecule has 0 amide bonds. The molecule has 2 heteroatoms. The van der Waals surface area contributed by atoms with Gasteiger partial charge in [-0.2, -0.15) is 5.06 Å². The van der Waals surface area contributed by atoms with Gasteiger partial charge in [-0.3, -0.25) is 4.84 Å². The van der Waals surface area contributed by atoms with E-state index < -0.39 is 0 Å². The summed E-state index contributed by atoms with van der Waals surface area (Å²) in [7, 11) is 3.79. The van der Waals surface area contributed by atoms with Gasteiger partial charge >= 0.3 is 0 Å². The standard InChI is InChI=1S/C12H23NO/c1-11(2)7-6-8-12(3)9-10-14-13(4)5/h7,9H,6,8,10H2,1-5H3. The molecule has 0 aromatic carbocycles. The van der Waals surface area contributed by atoms with Crippen molar-refractivity contribution in [3.63, 3.8) is 0 Å². The molecule has 0 unspecified atom stereocenters. The lowest BCUT2D eigenvalue weighted by molar-refractivity contribution is -0.106. The van der Waals surface area contributed by atoms with Gasteiger partial charge < -0.3 is 0 Å². The third kappa shape index (κ3) is 9.49. The zero-order chi connectivity index (χ0) is 11.0. The smallest absolute Gasteiger partial charge is 0.0868 e. The maximum Gasteiger partial charge on any atom is 0.0868 e. The van der Waals surface area contributed by atoms with Crippen LogP contribution in [-0.2, 0) is 4.84 Å². The maximum atomic E-state index is 5.28. The summed E-state index contributed by atoms with van der Waals surface area (Å²) in [5.74, 6) is 0. The molecule has 0 saturated heterocycles. The summed E-state index contributed by atoms with van der Waals surface area (Å²) in [5, 5.41) is 1.72. The van der Waals surface area contributed by atoms with Crippen LogP contribution >= 0.6 is 0 Å². The van der Waals surface area contributed by atoms with Gasteiger partial charge in [0.2, 0.25) is 0 Å². The lowest BCUT2D eigenvalue weighted by Crippen LogP contribution is -2.12. The summed E-state index contributed by atoms with van der Waals surface area (Å²) in [6.45, 7) is 7.09. The summed E-state index contributed by atoms with van der Waals surface area (Å²) in [6.07, 6.45) is 6.66. The molecule has 0 atom stereocenters. The molecule has 0 aliphatic heterocycles. The van der Waals surface area contributed by atoms with Gasteiger partial charge in [-0.1, -0.05) is 23.3 Å². The minimum Gasteiger partial charge on any atom is -0.295 e. The van der Waals surface area contributed by atoms with Crippen LogP contribution in [0.4, 0.5) is 0 Å². The van der Waals surface area contributed by atoms with Gasteiger partial charge in [-0.05, 0) is 33.6 Å². The van der Waals surface area contributed by atoms with Crippen molar-refractivity contribution in [2.45, 2.75) is 33.6 Å². The van der Waals surface area contributed by atoms with Crippen molar-refractivity contribution in [1.29, 1.82) is 0 Å². The first-order valence-electron chi connectivity index (χ1n) is 5.11. The van der Waals surface area contributed by atoms with Crippen molar-refractivity contribution in [2.24, 2.45) is 0 Å². The Bertz CT molecular complexity index is 200. The molecule has 0 radical (unpaired) electrons. The second-order valence-corrected chi connectivity index (χ2v) is 3.98. The van der Waals surface area contributed by atoms with Crippen molar-refractivity contribution >= 4 is 0 Å². The predicted octanol–water partition coefficient (Wildman–Crippen LogP) is 3.17. The van der Waals surface area contributed by atoms with Crippen LogP contribution in [0.2, 0.25) is 0 Å². The van der Waals surface area contributed by atoms with E-state index in [1.807, 2.05) is 14.1 Å². The predicted molar refractivity (Wildman–Crippen MR) is 62.1 cm³/mol. The van der Waals surface area contributed by atoms with E-state index in [9.17, 15) is 0 Å². The molecule has 0 spiro atoms. The van der Waals surface area contributed by atoms with Crippen LogP contribution in [0.15, 0.2) is 23.3 Å². The highest BCUT2D eigenvalue weighted by Gasteiger charge is 1.90. The molecule has 0 rings (SSSR count). The van der Waals surface area contributed by atoms with E-state index in [0.29, 0.717) is 6.61 Å². The molecule has 0 aromatic heterocycles. The second kappa shape index (κ2) is 7.77. The number of nitrogens with zero attached hydrogens (tertiary/aromatic N) is 1. The Labute approximate surface area is 88.2 Å². The normalized spacial score (nSPS) is 12.0. The number of hydrogen-bond acceptors (Lipinski definition) is 2. The molecular weight excluding hydrogens is 174 g/mol. The molecule has 0 aromatic rings. The molecule has 0 aliphatic carbocycles. The Kier molecular flexibility index (Phi) is 7.44. The lowest BCUT2D eigenvalue weighted by Gasteiger charge is -2.08. The fraction of sp³-hybridized carbons (Fsp3) is 0.667. The molecule has 0 bridgehead atoms. The monoisotopic (exact) mass is 197 g/mol. The van der Waals surface area contributed by atoms with Gasteiger partial charge in [0.25, 0.3) is 0 Å². The first-order valence-corrected chi connectivity index (χ1v) is 5.11. The SMILES string of the molecule is CC(C)=CCCC(C)=CCON(C)C. The fourth-order valence-electron chi connectivity index (χ4n) is 1.02. The van der Waals surface area contributed by atoms with Gasteiger partial charge in [0.05, 0.1) is 6.61 Å². The molecule has 0 N–H and O–H groups in total. The van der Waals surface area contributed by atoms with Gasteiger partial charge in [0.1, 0.15) is 0 Å². The quantitative estimate of drug-likeness (QED) is 0.479. The Balaban J connectivity index is 3.62. The Hall–Kier alpha value is -0.600. The van der Waals surface area contributed by atoms with E-state index >= 15 is 0 Å². The van der Waals surface area contributed by atoms with Gasteiger partial charge in [0, 0.05) is 14.1 Å². The van der Waals surface area contributed by atoms with Crippen molar-refractivity contribution < 1.29 is 4.84 Å². The first kappa shape index (κ1) is 13.4. The van der Waals surface area contributed by atoms with Crippen LogP contribution < -0.4 is 0 Å². The van der Waals surface area contributed by atoms with E-state index in [1.165, 1.54) is 11.1 Å². The lowest BCUT2D eigenvalue weighted by atomic mass is 10.1. The van der Waals surface area contributed by atoms with E-state index in [4.69, 9.17) is 4.84 Å². The number of hydroxylamine groups is 2. The van der Waals surface area contributed by atoms with Crippen molar-refractivity contribution in [1.82, 2.24) is 5.06 Å². The number of hydrogen-bond donors (Lipinski definition) is 0. The summed E-state index contributed by atoms with van der Waals surface area (Å²) >= 11 is 0. The van der Waals surface area contributed by atoms with E-state index in [-0.39, 0.29) is 0 Å². The summed E-state index contributed by atoms with van der Waals surface area (Å²) in [6, 6.07) is 0. The minimum atomic E-state index is 0.674. The van der Waals surface area contributed by atoms with Crippen molar-refractivity contribution in [2.75, 3.05) is 20.7 Å². The average Bonchev–Trinajstić information content (AvgIpc) is 2.02. The second-order valence-electron chi connectivity index (χ2n) is 3.98. The number of allylic oxidation sites excluding steroid dienone is 3. The third-order valence-corrected chi connectivity index (χ3v) is 1.86. The van der Waals surface area contributed by atoms with Crippen LogP contribution in [0, 0.1) is 0 Å². The molecule has 0 fully saturated rings. The molecular formula is C12H23NO. The zero-order valence-electron chi connectivity index (χ0n) is 10.1. The highest BCUT2D eigenvalue weighted by Crippen LogP contribution is 2.06.